The number of piperidine rings is 1. The number of thiazole rings is 1. The van der Waals surface area contributed by atoms with E-state index in [2.05, 4.69) is 32.8 Å². The first-order chi connectivity index (χ1) is 20.5. The van der Waals surface area contributed by atoms with Gasteiger partial charge < -0.3 is 26.2 Å². The van der Waals surface area contributed by atoms with E-state index in [1.54, 1.807) is 33.1 Å². The van der Waals surface area contributed by atoms with Gasteiger partial charge in [0.25, 0.3) is 5.91 Å². The van der Waals surface area contributed by atoms with Crippen LogP contribution in [0.5, 0.6) is 0 Å². The van der Waals surface area contributed by atoms with Crippen LogP contribution in [0.15, 0.2) is 24.2 Å². The number of nitrogens with one attached hydrogen (secondary N) is 4. The zero-order chi connectivity index (χ0) is 33.1. The van der Waals surface area contributed by atoms with E-state index in [1.807, 2.05) is 27.7 Å². The van der Waals surface area contributed by atoms with E-state index in [9.17, 15) is 28.8 Å². The van der Waals surface area contributed by atoms with Crippen molar-refractivity contribution in [1.29, 1.82) is 0 Å². The topological polar surface area (TPSA) is 167 Å². The van der Waals surface area contributed by atoms with Gasteiger partial charge >= 0.3 is 6.03 Å². The van der Waals surface area contributed by atoms with Gasteiger partial charge in [0.1, 0.15) is 12.1 Å². The number of hydrogen-bond acceptors (Lipinski definition) is 8. The summed E-state index contributed by atoms with van der Waals surface area (Å²) in [6, 6.07) is -4.52. The fraction of sp³-hybridized carbons (Fsp3) is 0.645. The Morgan fingerprint density at radius 2 is 1.80 bits per heavy atom. The Kier molecular flexibility index (Phi) is 10.8. The summed E-state index contributed by atoms with van der Waals surface area (Å²) in [7, 11) is 0. The number of carbonyl (C=O) groups excluding carboxylic acids is 6. The third-order valence-corrected chi connectivity index (χ3v) is 9.49. The molecule has 1 saturated heterocycles. The number of likely N-dealkylation sites (tertiary alicyclic amines) is 1. The molecule has 1 aliphatic heterocycles. The largest absolute Gasteiger partial charge is 0.346 e. The number of aromatic nitrogens is 1. The SMILES string of the molecule is C=CCNC(=O)C(=O)C(CC)NC(=O)[C@@H]1[C@@H]2[C@H](CN1C(=O)[C@@H](NC(=O)N[C@H](C(=O)c1nccs1)C(C)C)C(C)(C)C)C2(C)C. The molecule has 0 radical (unpaired) electrons. The molecule has 0 aromatic carbocycles. The Labute approximate surface area is 263 Å². The van der Waals surface area contributed by atoms with E-state index in [0.29, 0.717) is 6.54 Å². The quantitative estimate of drug-likeness (QED) is 0.147. The van der Waals surface area contributed by atoms with Crippen LogP contribution in [-0.4, -0.2) is 82.5 Å². The second-order valence-corrected chi connectivity index (χ2v) is 14.5. The molecule has 2 heterocycles. The molecule has 3 rings (SSSR count). The van der Waals surface area contributed by atoms with Crippen LogP contribution in [-0.2, 0) is 19.2 Å². The van der Waals surface area contributed by atoms with Gasteiger partial charge in [0.2, 0.25) is 23.4 Å². The average molecular weight is 631 g/mol. The minimum atomic E-state index is -1.06. The summed E-state index contributed by atoms with van der Waals surface area (Å²) in [5.41, 5.74) is -0.954. The third kappa shape index (κ3) is 7.36. The average Bonchev–Trinajstić information content (AvgIpc) is 3.41. The zero-order valence-corrected chi connectivity index (χ0v) is 27.7. The minimum Gasteiger partial charge on any atom is -0.346 e. The molecule has 0 bridgehead atoms. The second kappa shape index (κ2) is 13.6. The number of hydrogen-bond donors (Lipinski definition) is 4. The van der Waals surface area contributed by atoms with Crippen molar-refractivity contribution in [3.63, 3.8) is 0 Å². The number of Topliss-reactive ketones (excluding diaryl/α,β-unsaturated/α-hetero) is 2. The first-order valence-corrected chi connectivity index (χ1v) is 15.9. The highest BCUT2D eigenvalue weighted by atomic mass is 32.1. The van der Waals surface area contributed by atoms with Crippen LogP contribution in [0.2, 0.25) is 0 Å². The summed E-state index contributed by atoms with van der Waals surface area (Å²) in [5, 5.41) is 12.6. The molecule has 2 fully saturated rings. The molecule has 44 heavy (non-hydrogen) atoms. The summed E-state index contributed by atoms with van der Waals surface area (Å²) >= 11 is 1.18. The van der Waals surface area contributed by atoms with E-state index < -0.39 is 59.1 Å². The summed E-state index contributed by atoms with van der Waals surface area (Å²) in [5.74, 6) is -3.20. The Balaban J connectivity index is 1.81. The lowest BCUT2D eigenvalue weighted by Crippen LogP contribution is -2.62. The zero-order valence-electron chi connectivity index (χ0n) is 26.9. The highest BCUT2D eigenvalue weighted by molar-refractivity contribution is 7.11. The van der Waals surface area contributed by atoms with Crippen LogP contribution < -0.4 is 21.3 Å². The van der Waals surface area contributed by atoms with Gasteiger partial charge in [-0.2, -0.15) is 0 Å². The Bertz CT molecular complexity index is 1290. The Morgan fingerprint density at radius 3 is 2.32 bits per heavy atom. The van der Waals surface area contributed by atoms with Crippen LogP contribution in [0.1, 0.15) is 71.6 Å². The molecule has 13 heteroatoms. The van der Waals surface area contributed by atoms with E-state index in [-0.39, 0.29) is 46.9 Å². The van der Waals surface area contributed by atoms with Gasteiger partial charge in [0.15, 0.2) is 5.01 Å². The second-order valence-electron chi connectivity index (χ2n) is 13.6. The van der Waals surface area contributed by atoms with Crippen LogP contribution in [0.3, 0.4) is 0 Å². The lowest BCUT2D eigenvalue weighted by Gasteiger charge is -2.38. The lowest BCUT2D eigenvalue weighted by molar-refractivity contribution is -0.145. The van der Waals surface area contributed by atoms with Crippen molar-refractivity contribution >= 4 is 46.7 Å². The number of urea groups is 1. The molecule has 0 spiro atoms. The molecule has 1 aromatic rings. The van der Waals surface area contributed by atoms with Gasteiger partial charge in [-0.05, 0) is 35.0 Å². The molecule has 5 amide bonds. The number of amides is 5. The molecule has 1 saturated carbocycles. The van der Waals surface area contributed by atoms with E-state index in [0.717, 1.165) is 0 Å². The fourth-order valence-corrected chi connectivity index (χ4v) is 6.59. The van der Waals surface area contributed by atoms with Gasteiger partial charge in [0, 0.05) is 24.7 Å². The molecule has 2 aliphatic rings. The lowest BCUT2D eigenvalue weighted by atomic mass is 9.85. The van der Waals surface area contributed by atoms with Crippen molar-refractivity contribution in [2.75, 3.05) is 13.1 Å². The van der Waals surface area contributed by atoms with Crippen molar-refractivity contribution in [3.05, 3.63) is 29.2 Å². The molecule has 6 atom stereocenters. The van der Waals surface area contributed by atoms with Crippen molar-refractivity contribution in [1.82, 2.24) is 31.2 Å². The standard InChI is InChI=1S/C31H46N6O6S/c1-10-12-32-26(41)22(38)18(11-2)34-25(40)21-19-17(31(19,8)9)15-37(21)28(42)24(30(5,6)7)36-29(43)35-20(16(3)4)23(39)27-33-13-14-44-27/h10,13-14,16-21,24H,1,11-12,15H2,2-9H3,(H,32,41)(H,34,40)(H2,35,36,43)/t17-,18?,19-,20-,21-,24+/m0/s1. The molecule has 242 valence electrons. The monoisotopic (exact) mass is 630 g/mol. The van der Waals surface area contributed by atoms with Crippen molar-refractivity contribution < 1.29 is 28.8 Å². The van der Waals surface area contributed by atoms with Gasteiger partial charge in [-0.3, -0.25) is 24.0 Å². The maximum Gasteiger partial charge on any atom is 0.316 e. The maximum atomic E-state index is 14.2. The molecule has 4 N–H and O–H groups in total. The molecule has 12 nitrogen and oxygen atoms in total. The Morgan fingerprint density at radius 1 is 1.14 bits per heavy atom. The summed E-state index contributed by atoms with van der Waals surface area (Å²) in [4.78, 5) is 84.8. The smallest absolute Gasteiger partial charge is 0.316 e. The molecule has 1 aromatic heterocycles. The van der Waals surface area contributed by atoms with Crippen molar-refractivity contribution in [3.8, 4) is 0 Å². The van der Waals surface area contributed by atoms with Gasteiger partial charge in [0.05, 0.1) is 12.1 Å². The van der Waals surface area contributed by atoms with E-state index in [4.69, 9.17) is 0 Å². The normalized spacial score (nSPS) is 22.2. The van der Waals surface area contributed by atoms with Crippen LogP contribution in [0, 0.1) is 28.6 Å². The van der Waals surface area contributed by atoms with Gasteiger partial charge in [-0.25, -0.2) is 9.78 Å². The third-order valence-electron chi connectivity index (χ3n) is 8.70. The van der Waals surface area contributed by atoms with Crippen LogP contribution in [0.25, 0.3) is 0 Å². The maximum absolute atomic E-state index is 14.2. The molecular weight excluding hydrogens is 584 g/mol. The first kappa shape index (κ1) is 34.9. The first-order valence-electron chi connectivity index (χ1n) is 15.0. The van der Waals surface area contributed by atoms with Gasteiger partial charge in [-0.15, -0.1) is 17.9 Å². The highest BCUT2D eigenvalue weighted by Gasteiger charge is 2.69. The summed E-state index contributed by atoms with van der Waals surface area (Å²) in [6.07, 6.45) is 3.16. The molecule has 1 aliphatic carbocycles. The number of ketones is 2. The summed E-state index contributed by atoms with van der Waals surface area (Å²) < 4.78 is 0. The summed E-state index contributed by atoms with van der Waals surface area (Å²) in [6.45, 7) is 18.7. The van der Waals surface area contributed by atoms with Crippen molar-refractivity contribution in [2.45, 2.75) is 86.0 Å². The minimum absolute atomic E-state index is 0.0598. The highest BCUT2D eigenvalue weighted by Crippen LogP contribution is 2.65. The van der Waals surface area contributed by atoms with Gasteiger partial charge in [-0.1, -0.05) is 61.5 Å². The van der Waals surface area contributed by atoms with Crippen LogP contribution in [0.4, 0.5) is 4.79 Å². The molecular formula is C31H46N6O6S. The Hall–Kier alpha value is -3.61. The number of carbonyl (C=O) groups is 6. The number of fused-ring (bicyclic) bond motifs is 1. The number of rotatable bonds is 13. The fourth-order valence-electron chi connectivity index (χ4n) is 5.98. The van der Waals surface area contributed by atoms with E-state index in [1.165, 1.54) is 28.5 Å². The van der Waals surface area contributed by atoms with Crippen molar-refractivity contribution in [2.24, 2.45) is 28.6 Å². The van der Waals surface area contributed by atoms with E-state index >= 15 is 0 Å². The number of nitrogens with zero attached hydrogens (tertiary/aromatic N) is 2. The predicted molar refractivity (Wildman–Crippen MR) is 167 cm³/mol. The van der Waals surface area contributed by atoms with Crippen LogP contribution >= 0.6 is 11.3 Å². The predicted octanol–water partition coefficient (Wildman–Crippen LogP) is 2.31. The molecule has 1 unspecified atom stereocenters.